The molecular weight excluding hydrogens is 355 g/mol. The summed E-state index contributed by atoms with van der Waals surface area (Å²) in [6.07, 6.45) is 2.03. The number of likely N-dealkylation sites (tertiary alicyclic amines) is 1. The average molecular weight is 378 g/mol. The molecule has 1 aliphatic heterocycles. The van der Waals surface area contributed by atoms with Crippen molar-refractivity contribution in [2.75, 3.05) is 18.4 Å². The van der Waals surface area contributed by atoms with Crippen molar-refractivity contribution in [3.05, 3.63) is 34.3 Å². The van der Waals surface area contributed by atoms with Gasteiger partial charge in [0, 0.05) is 43.5 Å². The molecule has 1 atom stereocenters. The lowest BCUT2D eigenvalue weighted by molar-refractivity contribution is -0.114. The summed E-state index contributed by atoms with van der Waals surface area (Å²) in [5.74, 6) is 0.0700. The van der Waals surface area contributed by atoms with Gasteiger partial charge >= 0.3 is 0 Å². The van der Waals surface area contributed by atoms with E-state index in [0.29, 0.717) is 16.6 Å². The van der Waals surface area contributed by atoms with Crippen molar-refractivity contribution in [2.24, 2.45) is 0 Å². The summed E-state index contributed by atoms with van der Waals surface area (Å²) in [6, 6.07) is 3.88. The zero-order valence-corrected chi connectivity index (χ0v) is 16.0. The zero-order valence-electron chi connectivity index (χ0n) is 15.2. The predicted molar refractivity (Wildman–Crippen MR) is 99.0 cm³/mol. The highest BCUT2D eigenvalue weighted by atomic mass is 32.1. The molecule has 2 aromatic rings. The normalized spacial score (nSPS) is 17.9. The third-order valence-corrected chi connectivity index (χ3v) is 5.05. The molecule has 1 aliphatic rings. The molecule has 8 heteroatoms. The summed E-state index contributed by atoms with van der Waals surface area (Å²) in [7, 11) is 0. The van der Waals surface area contributed by atoms with Crippen LogP contribution in [0.3, 0.4) is 0 Å². The quantitative estimate of drug-likeness (QED) is 0.865. The topological polar surface area (TPSA) is 67.4 Å². The fraction of sp³-hybridized carbons (Fsp3) is 0.500. The summed E-state index contributed by atoms with van der Waals surface area (Å²) in [4.78, 5) is 21.9. The Labute approximate surface area is 156 Å². The molecule has 0 saturated carbocycles. The number of amides is 1. The number of carbonyl (C=O) groups excluding carboxylic acids is 1. The Morgan fingerprint density at radius 2 is 2.12 bits per heavy atom. The van der Waals surface area contributed by atoms with E-state index in [-0.39, 0.29) is 12.0 Å². The van der Waals surface area contributed by atoms with Crippen LogP contribution in [-0.4, -0.2) is 40.0 Å². The molecule has 0 aromatic carbocycles. The number of nitrogens with zero attached hydrogens (tertiary/aromatic N) is 3. The molecule has 1 saturated heterocycles. The average Bonchev–Trinajstić information content (AvgIpc) is 2.85. The Kier molecular flexibility index (Phi) is 5.83. The van der Waals surface area contributed by atoms with Gasteiger partial charge in [0.15, 0.2) is 5.13 Å². The van der Waals surface area contributed by atoms with Crippen LogP contribution in [0.25, 0.3) is 0 Å². The molecule has 6 nitrogen and oxygen atoms in total. The van der Waals surface area contributed by atoms with Crippen molar-refractivity contribution in [3.8, 4) is 5.75 Å². The molecule has 0 radical (unpaired) electrons. The van der Waals surface area contributed by atoms with E-state index >= 15 is 0 Å². The predicted octanol–water partition coefficient (Wildman–Crippen LogP) is 3.30. The van der Waals surface area contributed by atoms with Gasteiger partial charge in [-0.2, -0.15) is 9.37 Å². The number of carbonyl (C=O) groups is 1. The van der Waals surface area contributed by atoms with Crippen LogP contribution in [0.5, 0.6) is 5.75 Å². The van der Waals surface area contributed by atoms with E-state index in [1.165, 1.54) is 18.3 Å². The van der Waals surface area contributed by atoms with Gasteiger partial charge in [-0.1, -0.05) is 11.3 Å². The summed E-state index contributed by atoms with van der Waals surface area (Å²) in [5, 5.41) is 2.84. The van der Waals surface area contributed by atoms with E-state index in [0.717, 1.165) is 43.1 Å². The van der Waals surface area contributed by atoms with Crippen LogP contribution in [0.1, 0.15) is 36.0 Å². The lowest BCUT2D eigenvalue weighted by Gasteiger charge is -2.32. The van der Waals surface area contributed by atoms with Crippen molar-refractivity contribution in [2.45, 2.75) is 46.3 Å². The number of thiazole rings is 1. The van der Waals surface area contributed by atoms with Gasteiger partial charge in [-0.25, -0.2) is 0 Å². The van der Waals surface area contributed by atoms with E-state index in [9.17, 15) is 9.18 Å². The number of pyridine rings is 1. The van der Waals surface area contributed by atoms with Crippen LogP contribution < -0.4 is 10.1 Å². The van der Waals surface area contributed by atoms with E-state index in [4.69, 9.17) is 4.74 Å². The molecule has 3 heterocycles. The third kappa shape index (κ3) is 4.98. The number of ether oxygens (including phenoxy) is 1. The smallest absolute Gasteiger partial charge is 0.230 e. The number of anilines is 1. The largest absolute Gasteiger partial charge is 0.489 e. The Hall–Kier alpha value is -2.06. The molecule has 0 unspecified atom stereocenters. The first kappa shape index (κ1) is 18.7. The van der Waals surface area contributed by atoms with Crippen molar-refractivity contribution in [1.29, 1.82) is 0 Å². The van der Waals surface area contributed by atoms with Crippen LogP contribution in [0.2, 0.25) is 0 Å². The highest BCUT2D eigenvalue weighted by molar-refractivity contribution is 7.15. The Balaban J connectivity index is 1.61. The lowest BCUT2D eigenvalue weighted by atomic mass is 10.1. The second-order valence-electron chi connectivity index (χ2n) is 6.62. The number of hydrogen-bond donors (Lipinski definition) is 1. The maximum Gasteiger partial charge on any atom is 0.230 e. The van der Waals surface area contributed by atoms with E-state index < -0.39 is 5.95 Å². The van der Waals surface area contributed by atoms with Gasteiger partial charge in [0.1, 0.15) is 11.9 Å². The Morgan fingerprint density at radius 3 is 2.81 bits per heavy atom. The number of halogens is 1. The first-order chi connectivity index (χ1) is 12.4. The van der Waals surface area contributed by atoms with E-state index in [2.05, 4.69) is 20.2 Å². The van der Waals surface area contributed by atoms with Crippen LogP contribution in [0, 0.1) is 19.8 Å². The summed E-state index contributed by atoms with van der Waals surface area (Å²) in [5.41, 5.74) is 1.87. The number of aryl methyl sites for hydroxylation is 2. The third-order valence-electron chi connectivity index (χ3n) is 4.12. The lowest BCUT2D eigenvalue weighted by Crippen LogP contribution is -2.40. The molecular formula is C18H23FN4O2S. The van der Waals surface area contributed by atoms with Gasteiger partial charge in [-0.05, 0) is 33.2 Å². The van der Waals surface area contributed by atoms with E-state index in [1.807, 2.05) is 26.0 Å². The minimum Gasteiger partial charge on any atom is -0.489 e. The van der Waals surface area contributed by atoms with Crippen LogP contribution in [0.4, 0.5) is 9.52 Å². The van der Waals surface area contributed by atoms with Crippen molar-refractivity contribution < 1.29 is 13.9 Å². The molecule has 0 aliphatic carbocycles. The first-order valence-electron chi connectivity index (χ1n) is 8.66. The van der Waals surface area contributed by atoms with Crippen molar-refractivity contribution in [1.82, 2.24) is 14.9 Å². The SMILES string of the molecule is CC(=O)Nc1nc(F)c(CN2CCC[C@@H](Oc3cc(C)nc(C)c3)C2)s1. The summed E-state index contributed by atoms with van der Waals surface area (Å²) in [6.45, 7) is 7.37. The second-order valence-corrected chi connectivity index (χ2v) is 7.70. The van der Waals surface area contributed by atoms with Gasteiger partial charge < -0.3 is 10.1 Å². The molecule has 1 amide bonds. The number of rotatable bonds is 5. The van der Waals surface area contributed by atoms with Gasteiger partial charge in [-0.15, -0.1) is 0 Å². The standard InChI is InChI=1S/C18H23FN4O2S/c1-11-7-15(8-12(2)20-11)25-14-5-4-6-23(9-14)10-16-17(19)22-18(26-16)21-13(3)24/h7-8,14H,4-6,9-10H2,1-3H3,(H,21,22,24)/t14-/m1/s1. The molecule has 26 heavy (non-hydrogen) atoms. The number of nitrogens with one attached hydrogen (secondary N) is 1. The number of hydrogen-bond acceptors (Lipinski definition) is 6. The number of aromatic nitrogens is 2. The fourth-order valence-electron chi connectivity index (χ4n) is 3.15. The highest BCUT2D eigenvalue weighted by Gasteiger charge is 2.24. The Morgan fingerprint density at radius 1 is 1.38 bits per heavy atom. The minimum atomic E-state index is -0.512. The van der Waals surface area contributed by atoms with Crippen LogP contribution in [0.15, 0.2) is 12.1 Å². The van der Waals surface area contributed by atoms with Gasteiger partial charge in [0.25, 0.3) is 0 Å². The number of piperidine rings is 1. The van der Waals surface area contributed by atoms with Crippen molar-refractivity contribution in [3.63, 3.8) is 0 Å². The summed E-state index contributed by atoms with van der Waals surface area (Å²) < 4.78 is 20.2. The van der Waals surface area contributed by atoms with Crippen molar-refractivity contribution >= 4 is 22.4 Å². The molecule has 1 fully saturated rings. The fourth-order valence-corrected chi connectivity index (χ4v) is 4.08. The van der Waals surface area contributed by atoms with Gasteiger partial charge in [0.2, 0.25) is 11.9 Å². The van der Waals surface area contributed by atoms with Gasteiger partial charge in [0.05, 0.1) is 4.88 Å². The zero-order chi connectivity index (χ0) is 18.7. The molecule has 2 aromatic heterocycles. The van der Waals surface area contributed by atoms with Gasteiger partial charge in [-0.3, -0.25) is 14.7 Å². The summed E-state index contributed by atoms with van der Waals surface area (Å²) >= 11 is 1.18. The molecule has 0 bridgehead atoms. The van der Waals surface area contributed by atoms with Crippen LogP contribution >= 0.6 is 11.3 Å². The second kappa shape index (κ2) is 8.09. The Bertz CT molecular complexity index is 775. The monoisotopic (exact) mass is 378 g/mol. The maximum atomic E-state index is 14.0. The first-order valence-corrected chi connectivity index (χ1v) is 9.48. The molecule has 3 rings (SSSR count). The highest BCUT2D eigenvalue weighted by Crippen LogP contribution is 2.26. The minimum absolute atomic E-state index is 0.0655. The maximum absolute atomic E-state index is 14.0. The molecule has 140 valence electrons. The molecule has 0 spiro atoms. The molecule has 1 N–H and O–H groups in total. The van der Waals surface area contributed by atoms with E-state index in [1.54, 1.807) is 0 Å². The van der Waals surface area contributed by atoms with Crippen LogP contribution in [-0.2, 0) is 11.3 Å².